The molecule has 0 saturated carbocycles. The molecule has 3 rings (SSSR count). The monoisotopic (exact) mass is 389 g/mol. The van der Waals surface area contributed by atoms with Gasteiger partial charge in [0.05, 0.1) is 17.4 Å². The van der Waals surface area contributed by atoms with Gasteiger partial charge in [-0.25, -0.2) is 13.8 Å². The van der Waals surface area contributed by atoms with Crippen LogP contribution >= 0.6 is 0 Å². The molecule has 1 amide bonds. The number of nitrogens with one attached hydrogen (secondary N) is 1. The maximum absolute atomic E-state index is 12.3. The lowest BCUT2D eigenvalue weighted by Gasteiger charge is -2.09. The van der Waals surface area contributed by atoms with E-state index in [1.54, 1.807) is 36.3 Å². The molecule has 3 aromatic heterocycles. The van der Waals surface area contributed by atoms with Gasteiger partial charge in [-0.05, 0) is 38.5 Å². The van der Waals surface area contributed by atoms with Crippen LogP contribution in [0.5, 0.6) is 5.88 Å². The van der Waals surface area contributed by atoms with Crippen molar-refractivity contribution in [2.45, 2.75) is 39.8 Å². The first-order valence-electron chi connectivity index (χ1n) is 8.83. The van der Waals surface area contributed by atoms with Crippen LogP contribution in [0.2, 0.25) is 0 Å². The number of aromatic nitrogens is 4. The molecule has 3 aromatic rings. The second kappa shape index (κ2) is 8.28. The van der Waals surface area contributed by atoms with Crippen molar-refractivity contribution in [2.75, 3.05) is 6.61 Å². The first kappa shape index (κ1) is 19.7. The average Bonchev–Trinajstić information content (AvgIpc) is 3.02. The molecule has 0 atom stereocenters. The Morgan fingerprint density at radius 2 is 2.11 bits per heavy atom. The number of ether oxygens (including phenoxy) is 1. The molecule has 0 radical (unpaired) electrons. The van der Waals surface area contributed by atoms with Gasteiger partial charge >= 0.3 is 0 Å². The zero-order valence-electron chi connectivity index (χ0n) is 15.8. The van der Waals surface area contributed by atoms with Crippen LogP contribution in [0.1, 0.15) is 35.5 Å². The van der Waals surface area contributed by atoms with Gasteiger partial charge in [0.2, 0.25) is 5.88 Å². The normalized spacial score (nSPS) is 11.4. The van der Waals surface area contributed by atoms with Gasteiger partial charge in [-0.3, -0.25) is 14.5 Å². The van der Waals surface area contributed by atoms with Crippen molar-refractivity contribution in [3.63, 3.8) is 0 Å². The molecule has 3 heterocycles. The van der Waals surface area contributed by atoms with Crippen LogP contribution in [0, 0.1) is 6.92 Å². The number of pyridine rings is 2. The topological polar surface area (TPSA) is 81.9 Å². The zero-order valence-corrected chi connectivity index (χ0v) is 15.8. The maximum atomic E-state index is 12.3. The first-order chi connectivity index (χ1) is 13.3. The minimum atomic E-state index is -2.55. The van der Waals surface area contributed by atoms with E-state index in [9.17, 15) is 13.6 Å². The van der Waals surface area contributed by atoms with E-state index in [-0.39, 0.29) is 17.8 Å². The van der Waals surface area contributed by atoms with Gasteiger partial charge in [-0.1, -0.05) is 0 Å². The van der Waals surface area contributed by atoms with E-state index < -0.39 is 13.0 Å². The molecule has 0 aliphatic rings. The molecule has 0 aliphatic heterocycles. The van der Waals surface area contributed by atoms with Crippen molar-refractivity contribution >= 4 is 16.8 Å². The summed E-state index contributed by atoms with van der Waals surface area (Å²) >= 11 is 0. The van der Waals surface area contributed by atoms with Crippen molar-refractivity contribution in [3.05, 3.63) is 47.5 Å². The molecule has 9 heteroatoms. The van der Waals surface area contributed by atoms with E-state index in [1.807, 2.05) is 19.9 Å². The van der Waals surface area contributed by atoms with Gasteiger partial charge in [-0.15, -0.1) is 0 Å². The van der Waals surface area contributed by atoms with Crippen LogP contribution in [0.3, 0.4) is 0 Å². The molecule has 7 nitrogen and oxygen atoms in total. The summed E-state index contributed by atoms with van der Waals surface area (Å²) in [6.45, 7) is 5.22. The second-order valence-electron chi connectivity index (χ2n) is 6.71. The van der Waals surface area contributed by atoms with E-state index in [1.165, 1.54) is 0 Å². The molecule has 0 bridgehead atoms. The lowest BCUT2D eigenvalue weighted by molar-refractivity contribution is 0.0792. The second-order valence-corrected chi connectivity index (χ2v) is 6.71. The maximum Gasteiger partial charge on any atom is 0.272 e. The zero-order chi connectivity index (χ0) is 20.3. The van der Waals surface area contributed by atoms with Crippen molar-refractivity contribution in [2.24, 2.45) is 0 Å². The lowest BCUT2D eigenvalue weighted by Crippen LogP contribution is -2.30. The minimum Gasteiger partial charge on any atom is -0.471 e. The Morgan fingerprint density at radius 1 is 1.32 bits per heavy atom. The largest absolute Gasteiger partial charge is 0.471 e. The Kier molecular flexibility index (Phi) is 5.81. The summed E-state index contributed by atoms with van der Waals surface area (Å²) < 4.78 is 31.2. The van der Waals surface area contributed by atoms with Crippen LogP contribution in [0.4, 0.5) is 8.78 Å². The number of fused-ring (bicyclic) bond motifs is 1. The van der Waals surface area contributed by atoms with Gasteiger partial charge in [0, 0.05) is 30.2 Å². The third-order valence-corrected chi connectivity index (χ3v) is 3.89. The first-order valence-corrected chi connectivity index (χ1v) is 8.83. The predicted molar refractivity (Wildman–Crippen MR) is 99.7 cm³/mol. The van der Waals surface area contributed by atoms with Gasteiger partial charge < -0.3 is 10.1 Å². The summed E-state index contributed by atoms with van der Waals surface area (Å²) in [5, 5.41) is 7.96. The number of hydrogen-bond acceptors (Lipinski definition) is 5. The Labute approximate surface area is 160 Å². The highest BCUT2D eigenvalue weighted by Crippen LogP contribution is 2.19. The molecule has 0 aromatic carbocycles. The quantitative estimate of drug-likeness (QED) is 0.672. The molecule has 0 unspecified atom stereocenters. The number of carbonyl (C=O) groups is 1. The SMILES string of the molecule is Cc1cc(Cn2cc3c(C(=O)NC(C)C)nccc3n2)cnc1OCC(F)F. The summed E-state index contributed by atoms with van der Waals surface area (Å²) in [6.07, 6.45) is 2.32. The van der Waals surface area contributed by atoms with E-state index in [2.05, 4.69) is 20.4 Å². The predicted octanol–water partition coefficient (Wildman–Crippen LogP) is 2.97. The molecular weight excluding hydrogens is 368 g/mol. The number of aryl methyl sites for hydroxylation is 1. The fourth-order valence-electron chi connectivity index (χ4n) is 2.77. The van der Waals surface area contributed by atoms with E-state index in [0.717, 1.165) is 5.56 Å². The Balaban J connectivity index is 1.81. The van der Waals surface area contributed by atoms with Crippen LogP contribution in [-0.2, 0) is 6.54 Å². The van der Waals surface area contributed by atoms with Crippen molar-refractivity contribution in [3.8, 4) is 5.88 Å². The molecule has 0 spiro atoms. The highest BCUT2D eigenvalue weighted by molar-refractivity contribution is 6.04. The fourth-order valence-corrected chi connectivity index (χ4v) is 2.77. The molecule has 1 N–H and O–H groups in total. The summed E-state index contributed by atoms with van der Waals surface area (Å²) in [6, 6.07) is 3.55. The number of alkyl halides is 2. The molecule has 0 fully saturated rings. The summed E-state index contributed by atoms with van der Waals surface area (Å²) in [4.78, 5) is 20.6. The van der Waals surface area contributed by atoms with E-state index in [4.69, 9.17) is 4.74 Å². The van der Waals surface area contributed by atoms with Gasteiger partial charge in [0.15, 0.2) is 6.61 Å². The van der Waals surface area contributed by atoms with Crippen molar-refractivity contribution in [1.29, 1.82) is 0 Å². The number of amides is 1. The lowest BCUT2D eigenvalue weighted by atomic mass is 10.2. The smallest absolute Gasteiger partial charge is 0.272 e. The van der Waals surface area contributed by atoms with Crippen molar-refractivity contribution in [1.82, 2.24) is 25.1 Å². The minimum absolute atomic E-state index is 0.000505. The Bertz CT molecular complexity index is 988. The molecule has 28 heavy (non-hydrogen) atoms. The van der Waals surface area contributed by atoms with Gasteiger partial charge in [0.25, 0.3) is 12.3 Å². The third kappa shape index (κ3) is 4.59. The van der Waals surface area contributed by atoms with Crippen LogP contribution in [0.15, 0.2) is 30.7 Å². The summed E-state index contributed by atoms with van der Waals surface area (Å²) in [7, 11) is 0. The van der Waals surface area contributed by atoms with Crippen LogP contribution < -0.4 is 10.1 Å². The standard InChI is InChI=1S/C19H21F2N5O2/c1-11(2)24-18(27)17-14-9-26(25-15(14)4-5-22-17)8-13-6-12(3)19(23-7-13)28-10-16(20)21/h4-7,9,11,16H,8,10H2,1-3H3,(H,24,27). The third-order valence-electron chi connectivity index (χ3n) is 3.89. The van der Waals surface area contributed by atoms with E-state index in [0.29, 0.717) is 28.7 Å². The van der Waals surface area contributed by atoms with Gasteiger partial charge in [0.1, 0.15) is 5.69 Å². The van der Waals surface area contributed by atoms with Gasteiger partial charge in [-0.2, -0.15) is 5.10 Å². The highest BCUT2D eigenvalue weighted by atomic mass is 19.3. The summed E-state index contributed by atoms with van der Waals surface area (Å²) in [5.41, 5.74) is 2.47. The fraction of sp³-hybridized carbons (Fsp3) is 0.368. The Hall–Kier alpha value is -3.10. The number of rotatable bonds is 7. The van der Waals surface area contributed by atoms with Crippen LogP contribution in [0.25, 0.3) is 10.9 Å². The number of halogens is 2. The molecule has 148 valence electrons. The molecule has 0 aliphatic carbocycles. The van der Waals surface area contributed by atoms with Crippen LogP contribution in [-0.4, -0.2) is 44.7 Å². The number of nitrogens with zero attached hydrogens (tertiary/aromatic N) is 4. The summed E-state index contributed by atoms with van der Waals surface area (Å²) in [5.74, 6) is -0.0651. The molecule has 0 saturated heterocycles. The molecular formula is C19H21F2N5O2. The number of hydrogen-bond donors (Lipinski definition) is 1. The highest BCUT2D eigenvalue weighted by Gasteiger charge is 2.15. The van der Waals surface area contributed by atoms with E-state index >= 15 is 0 Å². The van der Waals surface area contributed by atoms with Crippen molar-refractivity contribution < 1.29 is 18.3 Å². The average molecular weight is 389 g/mol. The Morgan fingerprint density at radius 3 is 2.79 bits per heavy atom. The number of carbonyl (C=O) groups excluding carboxylic acids is 1.